The topological polar surface area (TPSA) is 243 Å². The number of pyridine rings is 4. The zero-order valence-electron chi connectivity index (χ0n) is 47.7. The second-order valence-electron chi connectivity index (χ2n) is 21.8. The average molecular weight is 1210 g/mol. The number of aromatic nitrogens is 6. The number of nitrogens with zero attached hydrogens (tertiary/aromatic N) is 13. The number of anilines is 4. The highest BCUT2D eigenvalue weighted by molar-refractivity contribution is 6.35. The van der Waals surface area contributed by atoms with Crippen molar-refractivity contribution in [1.29, 1.82) is 0 Å². The summed E-state index contributed by atoms with van der Waals surface area (Å²) in [6, 6.07) is 7.95. The largest absolute Gasteiger partial charge is 0.507 e. The molecular weight excluding hydrogens is 1150 g/mol. The number of nitrogens with two attached hydrogens (primary N) is 1. The summed E-state index contributed by atoms with van der Waals surface area (Å²) in [6.45, 7) is 17.3. The number of aliphatic imine (C=N–C) groups is 1. The molecule has 0 saturated carbocycles. The molecule has 86 heavy (non-hydrogen) atoms. The number of carbonyl (C=O) groups excluding carboxylic acids is 4. The molecule has 7 aromatic rings. The second kappa shape index (κ2) is 22.2. The molecule has 26 heteroatoms. The third kappa shape index (κ3) is 9.28. The van der Waals surface area contributed by atoms with Crippen molar-refractivity contribution >= 4 is 97.5 Å². The summed E-state index contributed by atoms with van der Waals surface area (Å²) in [4.78, 5) is 111. The molecule has 4 atom stereocenters. The summed E-state index contributed by atoms with van der Waals surface area (Å²) in [5.74, 6) is -4.32. The van der Waals surface area contributed by atoms with Gasteiger partial charge in [0.1, 0.15) is 58.2 Å². The van der Waals surface area contributed by atoms with E-state index in [9.17, 15) is 19.5 Å². The minimum atomic E-state index is -1.22. The number of phenolic OH excluding ortho intramolecular Hbond substituents is 1. The number of hydrogen-bond acceptors (Lipinski definition) is 15. The Hall–Kier alpha value is -9.42. The van der Waals surface area contributed by atoms with E-state index in [1.807, 2.05) is 20.8 Å². The van der Waals surface area contributed by atoms with Crippen LogP contribution in [0.5, 0.6) is 11.5 Å². The smallest absolute Gasteiger partial charge is 0.284 e. The maximum atomic E-state index is 17.2. The molecule has 0 radical (unpaired) electrons. The number of aromatic hydroxyl groups is 1. The van der Waals surface area contributed by atoms with E-state index in [0.29, 0.717) is 5.69 Å². The lowest BCUT2D eigenvalue weighted by Gasteiger charge is -2.51. The molecule has 0 spiro atoms. The van der Waals surface area contributed by atoms with Crippen molar-refractivity contribution in [2.24, 2.45) is 10.7 Å². The lowest BCUT2D eigenvalue weighted by Crippen LogP contribution is -2.67. The minimum absolute atomic E-state index is 0.00288. The van der Waals surface area contributed by atoms with Crippen LogP contribution in [-0.2, 0) is 19.2 Å². The number of fused-ring (bicyclic) bond motifs is 10. The molecule has 2 saturated heterocycles. The number of phenols is 1. The van der Waals surface area contributed by atoms with E-state index >= 15 is 23.2 Å². The Balaban J connectivity index is 1.13. The van der Waals surface area contributed by atoms with Gasteiger partial charge in [-0.15, -0.1) is 0 Å². The molecule has 4 aliphatic rings. The number of likely N-dealkylation sites (N-methyl/N-ethyl adjacent to an activating group) is 1. The number of carbonyl (C=O) groups is 4. The van der Waals surface area contributed by atoms with Crippen molar-refractivity contribution in [3.8, 4) is 39.8 Å². The number of rotatable bonds is 11. The van der Waals surface area contributed by atoms with Gasteiger partial charge in [-0.05, 0) is 102 Å². The summed E-state index contributed by atoms with van der Waals surface area (Å²) in [5.41, 5.74) is 3.30. The molecule has 0 aliphatic carbocycles. The summed E-state index contributed by atoms with van der Waals surface area (Å²) in [6.07, 6.45) is 6.29. The van der Waals surface area contributed by atoms with E-state index in [2.05, 4.69) is 18.3 Å². The molecule has 22 nitrogen and oxygen atoms in total. The van der Waals surface area contributed by atoms with E-state index in [-0.39, 0.29) is 127 Å². The fraction of sp³-hybridized carbons (Fsp3) is 0.300. The second-order valence-corrected chi connectivity index (χ2v) is 22.7. The first-order chi connectivity index (χ1) is 41.0. The van der Waals surface area contributed by atoms with E-state index in [1.54, 1.807) is 41.3 Å². The molecule has 5 aromatic heterocycles. The fourth-order valence-corrected chi connectivity index (χ4v) is 12.7. The fourth-order valence-electron chi connectivity index (χ4n) is 12.2. The van der Waals surface area contributed by atoms with Gasteiger partial charge in [0.2, 0.25) is 11.8 Å². The third-order valence-corrected chi connectivity index (χ3v) is 16.3. The summed E-state index contributed by atoms with van der Waals surface area (Å²) in [5, 5.41) is 15.7. The highest BCUT2D eigenvalue weighted by Crippen LogP contribution is 2.48. The van der Waals surface area contributed by atoms with Gasteiger partial charge in [-0.3, -0.25) is 38.7 Å². The lowest BCUT2D eigenvalue weighted by atomic mass is 9.97. The minimum Gasteiger partial charge on any atom is -0.507 e. The van der Waals surface area contributed by atoms with Crippen molar-refractivity contribution in [3.05, 3.63) is 141 Å². The molecule has 4 amide bonds. The van der Waals surface area contributed by atoms with E-state index < -0.39 is 83.2 Å². The number of halogens is 4. The van der Waals surface area contributed by atoms with Crippen LogP contribution < -0.4 is 41.2 Å². The van der Waals surface area contributed by atoms with E-state index in [0.717, 1.165) is 33.9 Å². The Kier molecular flexibility index (Phi) is 15.1. The van der Waals surface area contributed by atoms with Crippen molar-refractivity contribution in [2.45, 2.75) is 77.8 Å². The van der Waals surface area contributed by atoms with Crippen molar-refractivity contribution in [2.75, 3.05) is 59.6 Å². The maximum Gasteiger partial charge on any atom is 0.284 e. The van der Waals surface area contributed by atoms with Crippen molar-refractivity contribution in [3.63, 3.8) is 0 Å². The van der Waals surface area contributed by atoms with Gasteiger partial charge in [-0.25, -0.2) is 32.6 Å². The third-order valence-electron chi connectivity index (χ3n) is 15.8. The Morgan fingerprint density at radius 1 is 0.779 bits per heavy atom. The number of piperazine rings is 2. The molecule has 2 fully saturated rings. The van der Waals surface area contributed by atoms with Crippen LogP contribution in [0.25, 0.3) is 50.4 Å². The van der Waals surface area contributed by atoms with Crippen LogP contribution in [0.4, 0.5) is 31.5 Å². The number of amides is 4. The quantitative estimate of drug-likeness (QED) is 0.0742. The Labute approximate surface area is 500 Å². The zero-order chi connectivity index (χ0) is 61.6. The van der Waals surface area contributed by atoms with Gasteiger partial charge >= 0.3 is 0 Å². The highest BCUT2D eigenvalue weighted by Gasteiger charge is 2.50. The Morgan fingerprint density at radius 2 is 1.34 bits per heavy atom. The van der Waals surface area contributed by atoms with Gasteiger partial charge in [0.25, 0.3) is 22.9 Å². The summed E-state index contributed by atoms with van der Waals surface area (Å²) >= 11 is 14.4. The van der Waals surface area contributed by atoms with Gasteiger partial charge in [-0.1, -0.05) is 48.5 Å². The van der Waals surface area contributed by atoms with Gasteiger partial charge in [0.05, 0.1) is 63.2 Å². The van der Waals surface area contributed by atoms with Crippen LogP contribution in [0.2, 0.25) is 10.0 Å². The number of allylic oxidation sites excluding steroid dienone is 1. The Morgan fingerprint density at radius 3 is 1.92 bits per heavy atom. The predicted octanol–water partition coefficient (Wildman–Crippen LogP) is 7.17. The molecule has 0 bridgehead atoms. The number of benzene rings is 2. The summed E-state index contributed by atoms with van der Waals surface area (Å²) < 4.78 is 43.5. The van der Waals surface area contributed by atoms with Crippen LogP contribution >= 0.6 is 23.2 Å². The highest BCUT2D eigenvalue weighted by atomic mass is 35.5. The van der Waals surface area contributed by atoms with Crippen LogP contribution in [0.15, 0.2) is 113 Å². The van der Waals surface area contributed by atoms with Gasteiger partial charge in [-0.2, -0.15) is 5.10 Å². The van der Waals surface area contributed by atoms with Gasteiger partial charge in [0, 0.05) is 61.1 Å². The first kappa shape index (κ1) is 58.4. The molecule has 3 N–H and O–H groups in total. The van der Waals surface area contributed by atoms with Gasteiger partial charge < -0.3 is 40.1 Å². The van der Waals surface area contributed by atoms with Crippen LogP contribution in [-0.4, -0.2) is 143 Å². The first-order valence-electron chi connectivity index (χ1n) is 27.5. The van der Waals surface area contributed by atoms with Crippen molar-refractivity contribution < 1.29 is 37.8 Å². The van der Waals surface area contributed by atoms with E-state index in [1.165, 1.54) is 81.1 Å². The number of hydrogen-bond donors (Lipinski definition) is 2. The predicted molar refractivity (Wildman–Crippen MR) is 325 cm³/mol. The Bertz CT molecular complexity index is 4250. The van der Waals surface area contributed by atoms with Crippen LogP contribution in [0, 0.1) is 11.6 Å². The summed E-state index contributed by atoms with van der Waals surface area (Å²) in [7, 11) is 1.48. The molecule has 4 aliphatic heterocycles. The maximum absolute atomic E-state index is 17.2. The molecule has 0 unspecified atom stereocenters. The molecule has 9 heterocycles. The van der Waals surface area contributed by atoms with Crippen LogP contribution in [0.3, 0.4) is 0 Å². The zero-order valence-corrected chi connectivity index (χ0v) is 49.2. The standard InChI is InChI=1S/C60H58Cl2F2N14O8/c1-10-45(80)71-24-31(7)74-39(26-71)57(82)70(9)53-51(74)33-22-36(62)50(69-56(33)77(59(53)84)44-19-21-66-78(44)30(5)6)48-38(64)15-13-17-42(48)86-28-73-54-52(75-32(8)25-72(46(81)11-2)27-40(75)58(73)83)34-23-35(61)49(47-37(63)14-12-16-41(47)79)68-55(34)76(60(54)85)43(18-20-65)67-29(3)4/h10-23,29-32,39-40,79H,1-2,24-28,65H2,3-9H3/t31-,32-,39+,40+/m0/s1. The van der Waals surface area contributed by atoms with Crippen molar-refractivity contribution in [1.82, 2.24) is 38.7 Å². The molecular formula is C60H58Cl2F2N14O8. The monoisotopic (exact) mass is 1210 g/mol. The molecule has 444 valence electrons. The lowest BCUT2D eigenvalue weighted by molar-refractivity contribution is -0.130. The van der Waals surface area contributed by atoms with Crippen LogP contribution in [0.1, 0.15) is 47.6 Å². The van der Waals surface area contributed by atoms with Gasteiger partial charge in [0.15, 0.2) is 18.0 Å². The molecule has 11 rings (SSSR count). The molecule has 2 aromatic carbocycles. The van der Waals surface area contributed by atoms with E-state index in [4.69, 9.17) is 48.6 Å². The first-order valence-corrected chi connectivity index (χ1v) is 28.2. The normalized spacial score (nSPS) is 18.8. The SMILES string of the molecule is C=CC(=O)N1C[C@@H]2C(=O)N(COc3cccc(F)c3-c3nc4c(cc3Cl)c3c(c(=O)n4-c4ccnn4C(C)C)N(C)C(=O)[C@H]4CN(C(=O)C=C)C[C@H](C)N34)c3c(c4cc(Cl)c(-c5c(O)cccc5F)nc4n(C(C=CN)=NC(C)C)c3=O)N2[C@@H](C)C1. The number of ether oxygens (including phenoxy) is 1. The average Bonchev–Trinajstić information content (AvgIpc) is 0.786.